The van der Waals surface area contributed by atoms with Gasteiger partial charge >= 0.3 is 0 Å². The molecule has 1 N–H and O–H groups in total. The lowest BCUT2D eigenvalue weighted by molar-refractivity contribution is 0.577. The lowest BCUT2D eigenvalue weighted by Crippen LogP contribution is -2.25. The lowest BCUT2D eigenvalue weighted by Gasteiger charge is -2.20. The van der Waals surface area contributed by atoms with Crippen molar-refractivity contribution in [2.75, 3.05) is 6.54 Å². The van der Waals surface area contributed by atoms with Crippen LogP contribution in [0.25, 0.3) is 0 Å². The van der Waals surface area contributed by atoms with E-state index in [1.165, 1.54) is 6.07 Å². The molecule has 106 valence electrons. The maximum atomic E-state index is 13.3. The zero-order valence-electron chi connectivity index (χ0n) is 12.2. The zero-order chi connectivity index (χ0) is 14.5. The van der Waals surface area contributed by atoms with E-state index in [4.69, 9.17) is 0 Å². The molecular formula is C16H20FN3. The Morgan fingerprint density at radius 3 is 2.60 bits per heavy atom. The Bertz CT molecular complexity index is 566. The summed E-state index contributed by atoms with van der Waals surface area (Å²) in [5, 5.41) is 3.46. The van der Waals surface area contributed by atoms with Gasteiger partial charge in [-0.1, -0.05) is 13.0 Å². The molecule has 1 atom stereocenters. The molecule has 0 amide bonds. The standard InChI is InChI=1S/C16H20FN3/c1-4-7-18-16(15-10-19-12(3)9-20-15)14-6-5-13(17)8-11(14)2/h5-6,8-10,16,18H,4,7H2,1-3H3. The van der Waals surface area contributed by atoms with E-state index in [1.807, 2.05) is 19.9 Å². The monoisotopic (exact) mass is 273 g/mol. The zero-order valence-corrected chi connectivity index (χ0v) is 12.2. The number of nitrogens with zero attached hydrogens (tertiary/aromatic N) is 2. The molecular weight excluding hydrogens is 253 g/mol. The molecule has 0 aliphatic carbocycles. The fourth-order valence-electron chi connectivity index (χ4n) is 2.18. The van der Waals surface area contributed by atoms with E-state index in [0.717, 1.165) is 35.5 Å². The highest BCUT2D eigenvalue weighted by Crippen LogP contribution is 2.24. The molecule has 0 saturated heterocycles. The molecule has 3 nitrogen and oxygen atoms in total. The number of rotatable bonds is 5. The van der Waals surface area contributed by atoms with Crippen LogP contribution >= 0.6 is 0 Å². The topological polar surface area (TPSA) is 37.8 Å². The summed E-state index contributed by atoms with van der Waals surface area (Å²) in [6, 6.07) is 4.81. The van der Waals surface area contributed by atoms with Gasteiger partial charge in [-0.3, -0.25) is 9.97 Å². The fraction of sp³-hybridized carbons (Fsp3) is 0.375. The van der Waals surface area contributed by atoms with Crippen LogP contribution < -0.4 is 5.32 Å². The third kappa shape index (κ3) is 3.39. The first kappa shape index (κ1) is 14.6. The minimum atomic E-state index is -0.213. The molecule has 0 aliphatic heterocycles. The molecule has 20 heavy (non-hydrogen) atoms. The summed E-state index contributed by atoms with van der Waals surface area (Å²) in [5.41, 5.74) is 3.71. The Kier molecular flexibility index (Phi) is 4.79. The molecule has 1 unspecified atom stereocenters. The van der Waals surface area contributed by atoms with E-state index in [1.54, 1.807) is 18.5 Å². The van der Waals surface area contributed by atoms with Crippen molar-refractivity contribution in [2.45, 2.75) is 33.2 Å². The second-order valence-corrected chi connectivity index (χ2v) is 4.97. The molecule has 1 aromatic heterocycles. The summed E-state index contributed by atoms with van der Waals surface area (Å²) in [6.45, 7) is 6.81. The van der Waals surface area contributed by atoms with Crippen molar-refractivity contribution in [3.8, 4) is 0 Å². The SMILES string of the molecule is CCCNC(c1cnc(C)cn1)c1ccc(F)cc1C. The van der Waals surface area contributed by atoms with E-state index in [9.17, 15) is 4.39 Å². The van der Waals surface area contributed by atoms with Crippen LogP contribution in [0.15, 0.2) is 30.6 Å². The summed E-state index contributed by atoms with van der Waals surface area (Å²) in [4.78, 5) is 8.76. The Hall–Kier alpha value is -1.81. The van der Waals surface area contributed by atoms with Crippen molar-refractivity contribution < 1.29 is 4.39 Å². The molecule has 2 rings (SSSR count). The van der Waals surface area contributed by atoms with Gasteiger partial charge in [0.25, 0.3) is 0 Å². The highest BCUT2D eigenvalue weighted by molar-refractivity contribution is 5.34. The molecule has 2 aromatic rings. The Morgan fingerprint density at radius 2 is 2.00 bits per heavy atom. The van der Waals surface area contributed by atoms with Crippen LogP contribution in [0.5, 0.6) is 0 Å². The summed E-state index contributed by atoms with van der Waals surface area (Å²) >= 11 is 0. The van der Waals surface area contributed by atoms with E-state index in [2.05, 4.69) is 22.2 Å². The number of halogens is 1. The first-order chi connectivity index (χ1) is 9.61. The van der Waals surface area contributed by atoms with Crippen molar-refractivity contribution in [1.82, 2.24) is 15.3 Å². The number of benzene rings is 1. The van der Waals surface area contributed by atoms with Crippen LogP contribution in [0.1, 0.15) is 41.9 Å². The molecule has 0 spiro atoms. The number of nitrogens with one attached hydrogen (secondary N) is 1. The third-order valence-corrected chi connectivity index (χ3v) is 3.24. The maximum Gasteiger partial charge on any atom is 0.123 e. The minimum Gasteiger partial charge on any atom is -0.305 e. The van der Waals surface area contributed by atoms with Crippen LogP contribution in [0.2, 0.25) is 0 Å². The smallest absolute Gasteiger partial charge is 0.123 e. The quantitative estimate of drug-likeness (QED) is 0.908. The Balaban J connectivity index is 2.38. The Morgan fingerprint density at radius 1 is 1.20 bits per heavy atom. The normalized spacial score (nSPS) is 12.4. The lowest BCUT2D eigenvalue weighted by atomic mass is 9.98. The van der Waals surface area contributed by atoms with Crippen LogP contribution in [0.4, 0.5) is 4.39 Å². The molecule has 0 saturated carbocycles. The third-order valence-electron chi connectivity index (χ3n) is 3.24. The second kappa shape index (κ2) is 6.57. The molecule has 0 bridgehead atoms. The van der Waals surface area contributed by atoms with Gasteiger partial charge < -0.3 is 5.32 Å². The van der Waals surface area contributed by atoms with Crippen molar-refractivity contribution in [3.05, 3.63) is 58.9 Å². The van der Waals surface area contributed by atoms with Gasteiger partial charge in [0.2, 0.25) is 0 Å². The van der Waals surface area contributed by atoms with Crippen molar-refractivity contribution in [1.29, 1.82) is 0 Å². The predicted molar refractivity (Wildman–Crippen MR) is 78.0 cm³/mol. The van der Waals surface area contributed by atoms with Crippen LogP contribution in [-0.4, -0.2) is 16.5 Å². The summed E-state index contributed by atoms with van der Waals surface area (Å²) in [6.07, 6.45) is 4.57. The fourth-order valence-corrected chi connectivity index (χ4v) is 2.18. The number of aromatic nitrogens is 2. The molecule has 0 aliphatic rings. The average molecular weight is 273 g/mol. The summed E-state index contributed by atoms with van der Waals surface area (Å²) in [7, 11) is 0. The number of hydrogen-bond acceptors (Lipinski definition) is 3. The van der Waals surface area contributed by atoms with Crippen molar-refractivity contribution >= 4 is 0 Å². The molecule has 0 radical (unpaired) electrons. The van der Waals surface area contributed by atoms with Gasteiger partial charge in [-0.15, -0.1) is 0 Å². The van der Waals surface area contributed by atoms with Gasteiger partial charge in [0, 0.05) is 6.20 Å². The maximum absolute atomic E-state index is 13.3. The Labute approximate surface area is 119 Å². The van der Waals surface area contributed by atoms with Gasteiger partial charge in [0.05, 0.1) is 23.6 Å². The molecule has 4 heteroatoms. The average Bonchev–Trinajstić information content (AvgIpc) is 2.42. The van der Waals surface area contributed by atoms with E-state index >= 15 is 0 Å². The van der Waals surface area contributed by atoms with Crippen molar-refractivity contribution in [3.63, 3.8) is 0 Å². The van der Waals surface area contributed by atoms with Crippen molar-refractivity contribution in [2.24, 2.45) is 0 Å². The van der Waals surface area contributed by atoms with Crippen LogP contribution in [0, 0.1) is 19.7 Å². The van der Waals surface area contributed by atoms with Crippen LogP contribution in [0.3, 0.4) is 0 Å². The molecule has 1 aromatic carbocycles. The van der Waals surface area contributed by atoms with E-state index < -0.39 is 0 Å². The largest absolute Gasteiger partial charge is 0.305 e. The van der Waals surface area contributed by atoms with Gasteiger partial charge in [0.15, 0.2) is 0 Å². The molecule has 1 heterocycles. The summed E-state index contributed by atoms with van der Waals surface area (Å²) in [5.74, 6) is -0.213. The van der Waals surface area contributed by atoms with Gasteiger partial charge in [-0.05, 0) is 50.1 Å². The second-order valence-electron chi connectivity index (χ2n) is 4.97. The number of hydrogen-bond donors (Lipinski definition) is 1. The van der Waals surface area contributed by atoms with Gasteiger partial charge in [-0.2, -0.15) is 0 Å². The molecule has 0 fully saturated rings. The van der Waals surface area contributed by atoms with Gasteiger partial charge in [-0.25, -0.2) is 4.39 Å². The van der Waals surface area contributed by atoms with E-state index in [-0.39, 0.29) is 11.9 Å². The minimum absolute atomic E-state index is 0.0522. The predicted octanol–water partition coefficient (Wildman–Crippen LogP) is 3.32. The summed E-state index contributed by atoms with van der Waals surface area (Å²) < 4.78 is 13.3. The van der Waals surface area contributed by atoms with Gasteiger partial charge in [0.1, 0.15) is 5.82 Å². The highest BCUT2D eigenvalue weighted by Gasteiger charge is 2.17. The van der Waals surface area contributed by atoms with E-state index in [0.29, 0.717) is 0 Å². The first-order valence-corrected chi connectivity index (χ1v) is 6.89. The highest BCUT2D eigenvalue weighted by atomic mass is 19.1. The van der Waals surface area contributed by atoms with Crippen LogP contribution in [-0.2, 0) is 0 Å². The first-order valence-electron chi connectivity index (χ1n) is 6.89. The number of aryl methyl sites for hydroxylation is 2.